The maximum Gasteiger partial charge on any atom is 0.269 e. The van der Waals surface area contributed by atoms with Crippen LogP contribution < -0.4 is 5.32 Å². The van der Waals surface area contributed by atoms with E-state index in [4.69, 9.17) is 0 Å². The molecule has 1 aromatic carbocycles. The molecule has 92 valence electrons. The Morgan fingerprint density at radius 1 is 1.35 bits per heavy atom. The van der Waals surface area contributed by atoms with Gasteiger partial charge in [-0.05, 0) is 5.56 Å². The maximum atomic E-state index is 11.3. The Hall–Kier alpha value is -1.95. The molecule has 0 fully saturated rings. The average Bonchev–Trinajstić information content (AvgIpc) is 2.29. The minimum atomic E-state index is -0.438. The molecule has 1 rings (SSSR count). The second-order valence-electron chi connectivity index (χ2n) is 3.82. The summed E-state index contributed by atoms with van der Waals surface area (Å²) in [6.07, 6.45) is 0. The van der Waals surface area contributed by atoms with E-state index in [1.165, 1.54) is 17.0 Å². The van der Waals surface area contributed by atoms with E-state index in [0.29, 0.717) is 6.54 Å². The van der Waals surface area contributed by atoms with Gasteiger partial charge in [0, 0.05) is 32.8 Å². The monoisotopic (exact) mass is 237 g/mol. The summed E-state index contributed by atoms with van der Waals surface area (Å²) in [6.45, 7) is 0.765. The molecule has 0 unspecified atom stereocenters. The van der Waals surface area contributed by atoms with Gasteiger partial charge in [0.25, 0.3) is 5.69 Å². The van der Waals surface area contributed by atoms with Gasteiger partial charge in [-0.1, -0.05) is 12.1 Å². The number of amides is 1. The van der Waals surface area contributed by atoms with Crippen molar-refractivity contribution >= 4 is 11.6 Å². The molecule has 17 heavy (non-hydrogen) atoms. The van der Waals surface area contributed by atoms with Gasteiger partial charge in [-0.2, -0.15) is 0 Å². The molecule has 1 N–H and O–H groups in total. The Bertz CT molecular complexity index is 401. The van der Waals surface area contributed by atoms with Crippen LogP contribution >= 0.6 is 0 Å². The number of nitro groups is 1. The molecule has 0 radical (unpaired) electrons. The largest absolute Gasteiger partial charge is 0.348 e. The lowest BCUT2D eigenvalue weighted by molar-refractivity contribution is -0.384. The quantitative estimate of drug-likeness (QED) is 0.606. The summed E-state index contributed by atoms with van der Waals surface area (Å²) in [5.41, 5.74) is 0.972. The zero-order valence-electron chi connectivity index (χ0n) is 9.84. The molecule has 1 aromatic rings. The first-order valence-electron chi connectivity index (χ1n) is 5.15. The summed E-state index contributed by atoms with van der Waals surface area (Å²) in [5.74, 6) is -0.00749. The summed E-state index contributed by atoms with van der Waals surface area (Å²) in [5, 5.41) is 13.4. The van der Waals surface area contributed by atoms with Crippen LogP contribution in [0, 0.1) is 10.1 Å². The van der Waals surface area contributed by atoms with E-state index in [-0.39, 0.29) is 18.1 Å². The summed E-state index contributed by atoms with van der Waals surface area (Å²) in [6, 6.07) is 6.24. The molecule has 6 heteroatoms. The molecule has 0 atom stereocenters. The molecule has 0 aliphatic carbocycles. The van der Waals surface area contributed by atoms with Crippen molar-refractivity contribution < 1.29 is 9.72 Å². The smallest absolute Gasteiger partial charge is 0.269 e. The van der Waals surface area contributed by atoms with Crippen molar-refractivity contribution in [1.29, 1.82) is 0 Å². The van der Waals surface area contributed by atoms with E-state index in [0.717, 1.165) is 5.56 Å². The van der Waals surface area contributed by atoms with Crippen LogP contribution in [-0.4, -0.2) is 36.4 Å². The number of nitrogens with one attached hydrogen (secondary N) is 1. The Morgan fingerprint density at radius 2 is 1.94 bits per heavy atom. The highest BCUT2D eigenvalue weighted by Crippen LogP contribution is 2.11. The van der Waals surface area contributed by atoms with Gasteiger partial charge in [0.1, 0.15) is 0 Å². The molecule has 0 saturated heterocycles. The van der Waals surface area contributed by atoms with Crippen LogP contribution in [0.1, 0.15) is 5.56 Å². The number of carbonyl (C=O) groups excluding carboxylic acids is 1. The predicted molar refractivity (Wildman–Crippen MR) is 63.5 cm³/mol. The molecular formula is C11H15N3O3. The normalized spacial score (nSPS) is 10.0. The van der Waals surface area contributed by atoms with Crippen molar-refractivity contribution in [3.05, 3.63) is 39.9 Å². The highest BCUT2D eigenvalue weighted by molar-refractivity contribution is 5.77. The first kappa shape index (κ1) is 13.1. The number of non-ortho nitro benzene ring substituents is 1. The number of likely N-dealkylation sites (N-methyl/N-ethyl adjacent to an activating group) is 1. The van der Waals surface area contributed by atoms with Gasteiger partial charge < -0.3 is 10.2 Å². The van der Waals surface area contributed by atoms with Crippen LogP contribution in [0.25, 0.3) is 0 Å². The van der Waals surface area contributed by atoms with E-state index in [1.54, 1.807) is 26.2 Å². The molecule has 6 nitrogen and oxygen atoms in total. The lowest BCUT2D eigenvalue weighted by Crippen LogP contribution is -2.32. The zero-order valence-corrected chi connectivity index (χ0v) is 9.84. The van der Waals surface area contributed by atoms with E-state index in [9.17, 15) is 14.9 Å². The van der Waals surface area contributed by atoms with Gasteiger partial charge in [-0.25, -0.2) is 0 Å². The summed E-state index contributed by atoms with van der Waals surface area (Å²) in [7, 11) is 3.38. The lowest BCUT2D eigenvalue weighted by Gasteiger charge is -2.10. The fraction of sp³-hybridized carbons (Fsp3) is 0.364. The van der Waals surface area contributed by atoms with Crippen molar-refractivity contribution in [1.82, 2.24) is 10.2 Å². The topological polar surface area (TPSA) is 75.5 Å². The maximum absolute atomic E-state index is 11.3. The Labute approximate surface area is 99.4 Å². The highest BCUT2D eigenvalue weighted by atomic mass is 16.6. The van der Waals surface area contributed by atoms with Crippen LogP contribution in [0.5, 0.6) is 0 Å². The van der Waals surface area contributed by atoms with Gasteiger partial charge in [0.15, 0.2) is 0 Å². The number of benzene rings is 1. The van der Waals surface area contributed by atoms with Crippen LogP contribution in [0.15, 0.2) is 24.3 Å². The first-order valence-corrected chi connectivity index (χ1v) is 5.15. The number of hydrogen-bond donors (Lipinski definition) is 1. The Balaban J connectivity index is 2.42. The number of rotatable bonds is 5. The fourth-order valence-electron chi connectivity index (χ4n) is 1.21. The molecule has 0 saturated carbocycles. The summed E-state index contributed by atoms with van der Waals surface area (Å²) in [4.78, 5) is 22.7. The minimum absolute atomic E-state index is 0.00749. The number of nitrogens with zero attached hydrogens (tertiary/aromatic N) is 2. The molecule has 0 spiro atoms. The molecule has 0 aliphatic rings. The second kappa shape index (κ2) is 5.95. The predicted octanol–water partition coefficient (Wildman–Crippen LogP) is 0.773. The van der Waals surface area contributed by atoms with Crippen molar-refractivity contribution in [2.45, 2.75) is 6.54 Å². The van der Waals surface area contributed by atoms with Crippen LogP contribution in [-0.2, 0) is 11.3 Å². The van der Waals surface area contributed by atoms with Gasteiger partial charge in [0.2, 0.25) is 5.91 Å². The van der Waals surface area contributed by atoms with Gasteiger partial charge in [0.05, 0.1) is 11.5 Å². The van der Waals surface area contributed by atoms with E-state index in [1.807, 2.05) is 0 Å². The standard InChI is InChI=1S/C11H15N3O3/c1-13(2)11(15)8-12-7-9-3-5-10(6-4-9)14(16)17/h3-6,12H,7-8H2,1-2H3. The van der Waals surface area contributed by atoms with Crippen molar-refractivity contribution in [2.24, 2.45) is 0 Å². The van der Waals surface area contributed by atoms with Crippen LogP contribution in [0.2, 0.25) is 0 Å². The van der Waals surface area contributed by atoms with Crippen molar-refractivity contribution in [3.8, 4) is 0 Å². The van der Waals surface area contributed by atoms with Gasteiger partial charge >= 0.3 is 0 Å². The molecule has 0 aromatic heterocycles. The second-order valence-corrected chi connectivity index (χ2v) is 3.82. The third-order valence-corrected chi connectivity index (χ3v) is 2.25. The van der Waals surface area contributed by atoms with Crippen molar-refractivity contribution in [2.75, 3.05) is 20.6 Å². The number of carbonyl (C=O) groups is 1. The lowest BCUT2D eigenvalue weighted by atomic mass is 10.2. The fourth-order valence-corrected chi connectivity index (χ4v) is 1.21. The Morgan fingerprint density at radius 3 is 2.41 bits per heavy atom. The molecule has 0 aliphatic heterocycles. The number of hydrogen-bond acceptors (Lipinski definition) is 4. The third kappa shape index (κ3) is 4.20. The molecule has 1 amide bonds. The van der Waals surface area contributed by atoms with Gasteiger partial charge in [-0.3, -0.25) is 14.9 Å². The highest BCUT2D eigenvalue weighted by Gasteiger charge is 2.05. The number of nitro benzene ring substituents is 1. The van der Waals surface area contributed by atoms with E-state index < -0.39 is 4.92 Å². The summed E-state index contributed by atoms with van der Waals surface area (Å²) < 4.78 is 0. The van der Waals surface area contributed by atoms with E-state index >= 15 is 0 Å². The first-order chi connectivity index (χ1) is 8.00. The van der Waals surface area contributed by atoms with Crippen molar-refractivity contribution in [3.63, 3.8) is 0 Å². The molecule has 0 heterocycles. The van der Waals surface area contributed by atoms with Gasteiger partial charge in [-0.15, -0.1) is 0 Å². The minimum Gasteiger partial charge on any atom is -0.348 e. The Kier molecular flexibility index (Phi) is 4.59. The third-order valence-electron chi connectivity index (χ3n) is 2.25. The zero-order chi connectivity index (χ0) is 12.8. The SMILES string of the molecule is CN(C)C(=O)CNCc1ccc([N+](=O)[O-])cc1. The van der Waals surface area contributed by atoms with Crippen LogP contribution in [0.3, 0.4) is 0 Å². The average molecular weight is 237 g/mol. The molecule has 0 bridgehead atoms. The van der Waals surface area contributed by atoms with Crippen LogP contribution in [0.4, 0.5) is 5.69 Å². The van der Waals surface area contributed by atoms with E-state index in [2.05, 4.69) is 5.32 Å². The summed E-state index contributed by atoms with van der Waals surface area (Å²) >= 11 is 0. The molecular weight excluding hydrogens is 222 g/mol.